The Hall–Kier alpha value is -2.11. The summed E-state index contributed by atoms with van der Waals surface area (Å²) in [6, 6.07) is 19.7. The van der Waals surface area contributed by atoms with E-state index in [4.69, 9.17) is 8.92 Å². The summed E-state index contributed by atoms with van der Waals surface area (Å²) in [5.74, 6) is 0.398. The topological polar surface area (TPSA) is 52.6 Å². The third-order valence-electron chi connectivity index (χ3n) is 4.37. The maximum absolute atomic E-state index is 12.1. The van der Waals surface area contributed by atoms with Gasteiger partial charge >= 0.3 is 0 Å². The van der Waals surface area contributed by atoms with Crippen LogP contribution in [0.5, 0.6) is 0 Å². The first kappa shape index (κ1) is 17.7. The standard InChI is InChI=1S/C20H22O4S/c1-2-20(15-18-11-7-4-8-12-18)19(16-25(21,22)24-20)23-14-13-17-9-5-3-6-10-17/h3-12,16H,2,13-15H2,1H3. The van der Waals surface area contributed by atoms with E-state index in [-0.39, 0.29) is 0 Å². The molecular formula is C20H22O4S. The van der Waals surface area contributed by atoms with E-state index in [1.54, 1.807) is 0 Å². The van der Waals surface area contributed by atoms with Gasteiger partial charge in [-0.25, -0.2) is 0 Å². The van der Waals surface area contributed by atoms with Crippen molar-refractivity contribution in [3.05, 3.63) is 83.0 Å². The lowest BCUT2D eigenvalue weighted by Gasteiger charge is -2.28. The molecule has 1 heterocycles. The summed E-state index contributed by atoms with van der Waals surface area (Å²) in [7, 11) is -3.72. The molecule has 0 saturated heterocycles. The van der Waals surface area contributed by atoms with Gasteiger partial charge in [0.15, 0.2) is 0 Å². The molecule has 5 heteroatoms. The Morgan fingerprint density at radius 3 is 2.16 bits per heavy atom. The number of benzene rings is 2. The van der Waals surface area contributed by atoms with Crippen molar-refractivity contribution in [2.45, 2.75) is 31.8 Å². The minimum absolute atomic E-state index is 0.398. The average Bonchev–Trinajstić information content (AvgIpc) is 2.87. The predicted molar refractivity (Wildman–Crippen MR) is 97.4 cm³/mol. The summed E-state index contributed by atoms with van der Waals surface area (Å²) in [5, 5.41) is 1.13. The van der Waals surface area contributed by atoms with Crippen molar-refractivity contribution >= 4 is 10.1 Å². The van der Waals surface area contributed by atoms with Crippen molar-refractivity contribution in [2.24, 2.45) is 0 Å². The van der Waals surface area contributed by atoms with Crippen molar-refractivity contribution in [1.82, 2.24) is 0 Å². The molecule has 1 aliphatic heterocycles. The Kier molecular flexibility index (Phi) is 5.25. The highest BCUT2D eigenvalue weighted by Crippen LogP contribution is 2.38. The molecule has 0 aliphatic carbocycles. The molecular weight excluding hydrogens is 336 g/mol. The Bertz CT molecular complexity index is 829. The molecule has 0 spiro atoms. The second kappa shape index (κ2) is 7.42. The second-order valence-electron chi connectivity index (χ2n) is 6.15. The average molecular weight is 358 g/mol. The molecule has 0 bridgehead atoms. The van der Waals surface area contributed by atoms with E-state index in [0.717, 1.165) is 16.5 Å². The molecule has 1 atom stereocenters. The molecule has 2 aromatic rings. The highest BCUT2D eigenvalue weighted by Gasteiger charge is 2.46. The lowest BCUT2D eigenvalue weighted by Crippen LogP contribution is -2.35. The van der Waals surface area contributed by atoms with Crippen LogP contribution in [0.1, 0.15) is 24.5 Å². The minimum Gasteiger partial charge on any atom is -0.494 e. The maximum atomic E-state index is 12.1. The first-order chi connectivity index (χ1) is 12.0. The number of rotatable bonds is 7. The molecule has 1 unspecified atom stereocenters. The smallest absolute Gasteiger partial charge is 0.294 e. The van der Waals surface area contributed by atoms with Crippen LogP contribution in [-0.4, -0.2) is 20.6 Å². The molecule has 0 radical (unpaired) electrons. The van der Waals surface area contributed by atoms with Gasteiger partial charge in [0.25, 0.3) is 10.1 Å². The van der Waals surface area contributed by atoms with E-state index in [1.807, 2.05) is 67.6 Å². The highest BCUT2D eigenvalue weighted by atomic mass is 32.2. The zero-order valence-electron chi connectivity index (χ0n) is 14.2. The fourth-order valence-corrected chi connectivity index (χ4v) is 4.31. The van der Waals surface area contributed by atoms with E-state index < -0.39 is 15.7 Å². The number of hydrogen-bond acceptors (Lipinski definition) is 4. The van der Waals surface area contributed by atoms with E-state index >= 15 is 0 Å². The van der Waals surface area contributed by atoms with Gasteiger partial charge in [-0.2, -0.15) is 8.42 Å². The van der Waals surface area contributed by atoms with Gasteiger partial charge in [0.05, 0.1) is 12.0 Å². The number of ether oxygens (including phenoxy) is 1. The van der Waals surface area contributed by atoms with Crippen LogP contribution in [0.15, 0.2) is 71.8 Å². The van der Waals surface area contributed by atoms with Crippen LogP contribution in [-0.2, 0) is 31.9 Å². The van der Waals surface area contributed by atoms with Gasteiger partial charge in [-0.05, 0) is 17.5 Å². The van der Waals surface area contributed by atoms with Gasteiger partial charge < -0.3 is 4.74 Å². The van der Waals surface area contributed by atoms with Gasteiger partial charge in [-0.3, -0.25) is 4.18 Å². The first-order valence-electron chi connectivity index (χ1n) is 8.41. The molecule has 25 heavy (non-hydrogen) atoms. The third-order valence-corrected chi connectivity index (χ3v) is 5.42. The molecule has 4 nitrogen and oxygen atoms in total. The molecule has 132 valence electrons. The van der Waals surface area contributed by atoms with Crippen LogP contribution in [0.25, 0.3) is 0 Å². The minimum atomic E-state index is -3.72. The Morgan fingerprint density at radius 2 is 1.56 bits per heavy atom. The fraction of sp³-hybridized carbons (Fsp3) is 0.300. The zero-order valence-corrected chi connectivity index (χ0v) is 15.0. The van der Waals surface area contributed by atoms with E-state index in [9.17, 15) is 8.42 Å². The molecule has 0 aromatic heterocycles. The normalized spacial score (nSPS) is 21.7. The van der Waals surface area contributed by atoms with Crippen molar-refractivity contribution in [3.63, 3.8) is 0 Å². The first-order valence-corrected chi connectivity index (χ1v) is 9.89. The summed E-state index contributed by atoms with van der Waals surface area (Å²) in [4.78, 5) is 0. The lowest BCUT2D eigenvalue weighted by molar-refractivity contribution is 0.0467. The van der Waals surface area contributed by atoms with Crippen LogP contribution in [0.3, 0.4) is 0 Å². The van der Waals surface area contributed by atoms with Gasteiger partial charge in [0.2, 0.25) is 0 Å². The molecule has 2 aromatic carbocycles. The molecule has 3 rings (SSSR count). The van der Waals surface area contributed by atoms with E-state index in [1.165, 1.54) is 0 Å². The van der Waals surface area contributed by atoms with Crippen molar-refractivity contribution < 1.29 is 17.3 Å². The number of hydrogen-bond donors (Lipinski definition) is 0. The van der Waals surface area contributed by atoms with Crippen LogP contribution in [0.4, 0.5) is 0 Å². The molecule has 0 saturated carbocycles. The van der Waals surface area contributed by atoms with Gasteiger partial charge in [0.1, 0.15) is 11.4 Å². The van der Waals surface area contributed by atoms with E-state index in [0.29, 0.717) is 31.6 Å². The quantitative estimate of drug-likeness (QED) is 0.706. The van der Waals surface area contributed by atoms with E-state index in [2.05, 4.69) is 0 Å². The van der Waals surface area contributed by atoms with Crippen LogP contribution < -0.4 is 0 Å². The molecule has 0 amide bonds. The van der Waals surface area contributed by atoms with Crippen molar-refractivity contribution in [1.29, 1.82) is 0 Å². The largest absolute Gasteiger partial charge is 0.494 e. The van der Waals surface area contributed by atoms with Crippen LogP contribution in [0, 0.1) is 0 Å². The van der Waals surface area contributed by atoms with Crippen LogP contribution >= 0.6 is 0 Å². The second-order valence-corrected chi connectivity index (χ2v) is 7.54. The lowest BCUT2D eigenvalue weighted by atomic mass is 9.90. The van der Waals surface area contributed by atoms with Gasteiger partial charge in [-0.15, -0.1) is 0 Å². The summed E-state index contributed by atoms with van der Waals surface area (Å²) >= 11 is 0. The summed E-state index contributed by atoms with van der Waals surface area (Å²) in [6.45, 7) is 2.32. The van der Waals surface area contributed by atoms with Crippen LogP contribution in [0.2, 0.25) is 0 Å². The summed E-state index contributed by atoms with van der Waals surface area (Å²) in [6.07, 6.45) is 1.68. The van der Waals surface area contributed by atoms with Crippen molar-refractivity contribution in [3.8, 4) is 0 Å². The summed E-state index contributed by atoms with van der Waals surface area (Å²) < 4.78 is 35.5. The third kappa shape index (κ3) is 4.30. The van der Waals surface area contributed by atoms with Gasteiger partial charge in [0, 0.05) is 12.8 Å². The molecule has 0 N–H and O–H groups in total. The maximum Gasteiger partial charge on any atom is 0.294 e. The fourth-order valence-electron chi connectivity index (χ4n) is 3.02. The highest BCUT2D eigenvalue weighted by molar-refractivity contribution is 7.90. The Morgan fingerprint density at radius 1 is 0.960 bits per heavy atom. The predicted octanol–water partition coefficient (Wildman–Crippen LogP) is 3.84. The molecule has 1 aliphatic rings. The monoisotopic (exact) mass is 358 g/mol. The Labute approximate surface area is 149 Å². The van der Waals surface area contributed by atoms with Gasteiger partial charge in [-0.1, -0.05) is 67.6 Å². The van der Waals surface area contributed by atoms with Crippen molar-refractivity contribution in [2.75, 3.05) is 6.61 Å². The summed E-state index contributed by atoms with van der Waals surface area (Å²) in [5.41, 5.74) is 1.20. The Balaban J connectivity index is 1.76. The SMILES string of the molecule is CCC1(Cc2ccccc2)OS(=O)(=O)C=C1OCCc1ccccc1. The zero-order chi connectivity index (χ0) is 17.8. The molecule has 0 fully saturated rings.